The number of hydrogen-bond acceptors (Lipinski definition) is 3. The number of thioether (sulfide) groups is 1. The first kappa shape index (κ1) is 22.9. The Balaban J connectivity index is 2.15. The Labute approximate surface area is 184 Å². The van der Waals surface area contributed by atoms with E-state index in [1.165, 1.54) is 11.8 Å². The molecule has 2 rings (SSSR count). The molecule has 0 aliphatic carbocycles. The fourth-order valence-electron chi connectivity index (χ4n) is 2.50. The fraction of sp³-hybridized carbons (Fsp3) is 0.300. The zero-order valence-electron chi connectivity index (χ0n) is 15.5. The lowest BCUT2D eigenvalue weighted by molar-refractivity contribution is -0.138. The number of amides is 2. The van der Waals surface area contributed by atoms with E-state index in [0.29, 0.717) is 21.6 Å². The standard InChI is InChI=1S/C20H21Cl3N2O2S/c1-3-24-20(27)13(2)25(11-14-4-9-17(22)18(23)10-14)19(26)12-28-16-7-5-15(21)6-8-16/h4-10,13H,3,11-12H2,1-2H3,(H,24,27). The van der Waals surface area contributed by atoms with Gasteiger partial charge in [0, 0.05) is 23.0 Å². The number of benzene rings is 2. The summed E-state index contributed by atoms with van der Waals surface area (Å²) in [7, 11) is 0. The summed E-state index contributed by atoms with van der Waals surface area (Å²) in [6.45, 7) is 4.31. The molecule has 0 heterocycles. The normalized spacial score (nSPS) is 11.8. The van der Waals surface area contributed by atoms with Crippen LogP contribution in [0.5, 0.6) is 0 Å². The molecule has 0 aromatic heterocycles. The molecule has 4 nitrogen and oxygen atoms in total. The molecule has 0 fully saturated rings. The molecule has 1 unspecified atom stereocenters. The van der Waals surface area contributed by atoms with Crippen molar-refractivity contribution in [3.63, 3.8) is 0 Å². The SMILES string of the molecule is CCNC(=O)C(C)N(Cc1ccc(Cl)c(Cl)c1)C(=O)CSc1ccc(Cl)cc1. The van der Waals surface area contributed by atoms with Gasteiger partial charge in [-0.15, -0.1) is 11.8 Å². The molecule has 1 atom stereocenters. The van der Waals surface area contributed by atoms with E-state index in [-0.39, 0.29) is 24.1 Å². The molecule has 150 valence electrons. The van der Waals surface area contributed by atoms with Gasteiger partial charge < -0.3 is 10.2 Å². The quantitative estimate of drug-likeness (QED) is 0.545. The average Bonchev–Trinajstić information content (AvgIpc) is 2.67. The number of carbonyl (C=O) groups is 2. The topological polar surface area (TPSA) is 49.4 Å². The Kier molecular flexibility index (Phi) is 8.96. The smallest absolute Gasteiger partial charge is 0.242 e. The second-order valence-electron chi connectivity index (χ2n) is 6.08. The van der Waals surface area contributed by atoms with Gasteiger partial charge in [0.2, 0.25) is 11.8 Å². The first-order chi connectivity index (χ1) is 13.3. The van der Waals surface area contributed by atoms with Crippen LogP contribution >= 0.6 is 46.6 Å². The molecule has 2 aromatic rings. The highest BCUT2D eigenvalue weighted by Crippen LogP contribution is 2.25. The average molecular weight is 460 g/mol. The third-order valence-electron chi connectivity index (χ3n) is 4.03. The van der Waals surface area contributed by atoms with E-state index in [1.807, 2.05) is 19.1 Å². The number of halogens is 3. The summed E-state index contributed by atoms with van der Waals surface area (Å²) in [5.74, 6) is -0.149. The van der Waals surface area contributed by atoms with Crippen molar-refractivity contribution in [2.45, 2.75) is 31.3 Å². The molecule has 0 saturated heterocycles. The number of rotatable bonds is 8. The van der Waals surface area contributed by atoms with Gasteiger partial charge in [0.15, 0.2) is 0 Å². The minimum atomic E-state index is -0.618. The first-order valence-corrected chi connectivity index (χ1v) is 10.8. The van der Waals surface area contributed by atoms with Crippen molar-refractivity contribution >= 4 is 58.4 Å². The monoisotopic (exact) mass is 458 g/mol. The maximum Gasteiger partial charge on any atom is 0.242 e. The third-order valence-corrected chi connectivity index (χ3v) is 6.02. The van der Waals surface area contributed by atoms with Crippen molar-refractivity contribution in [3.05, 3.63) is 63.1 Å². The lowest BCUT2D eigenvalue weighted by Crippen LogP contribution is -2.48. The lowest BCUT2D eigenvalue weighted by atomic mass is 10.1. The van der Waals surface area contributed by atoms with Crippen LogP contribution in [0.15, 0.2) is 47.4 Å². The van der Waals surface area contributed by atoms with Gasteiger partial charge in [0.1, 0.15) is 6.04 Å². The van der Waals surface area contributed by atoms with Crippen LogP contribution in [0.2, 0.25) is 15.1 Å². The predicted molar refractivity (Wildman–Crippen MR) is 117 cm³/mol. The van der Waals surface area contributed by atoms with Gasteiger partial charge in [-0.2, -0.15) is 0 Å². The van der Waals surface area contributed by atoms with Crippen LogP contribution in [0.4, 0.5) is 0 Å². The Hall–Kier alpha value is -1.40. The van der Waals surface area contributed by atoms with Gasteiger partial charge in [-0.1, -0.05) is 40.9 Å². The highest BCUT2D eigenvalue weighted by atomic mass is 35.5. The molecule has 2 amide bonds. The van der Waals surface area contributed by atoms with Crippen molar-refractivity contribution in [1.82, 2.24) is 10.2 Å². The molecule has 1 N–H and O–H groups in total. The van der Waals surface area contributed by atoms with Crippen molar-refractivity contribution in [3.8, 4) is 0 Å². The molecule has 8 heteroatoms. The van der Waals surface area contributed by atoms with E-state index < -0.39 is 6.04 Å². The maximum absolute atomic E-state index is 12.9. The Morgan fingerprint density at radius 1 is 1.07 bits per heavy atom. The summed E-state index contributed by atoms with van der Waals surface area (Å²) in [5, 5.41) is 4.26. The second-order valence-corrected chi connectivity index (χ2v) is 8.38. The van der Waals surface area contributed by atoms with Gasteiger partial charge in [0.25, 0.3) is 0 Å². The van der Waals surface area contributed by atoms with Crippen LogP contribution in [0.1, 0.15) is 19.4 Å². The van der Waals surface area contributed by atoms with Crippen LogP contribution in [0, 0.1) is 0 Å². The summed E-state index contributed by atoms with van der Waals surface area (Å²) < 4.78 is 0. The number of nitrogens with one attached hydrogen (secondary N) is 1. The van der Waals surface area contributed by atoms with Gasteiger partial charge >= 0.3 is 0 Å². The van der Waals surface area contributed by atoms with Crippen LogP contribution in [0.3, 0.4) is 0 Å². The molecule has 0 aliphatic rings. The van der Waals surface area contributed by atoms with Crippen molar-refractivity contribution in [2.75, 3.05) is 12.3 Å². The second kappa shape index (κ2) is 11.0. The van der Waals surface area contributed by atoms with Crippen LogP contribution < -0.4 is 5.32 Å². The number of hydrogen-bond donors (Lipinski definition) is 1. The summed E-state index contributed by atoms with van der Waals surface area (Å²) in [5.41, 5.74) is 0.801. The van der Waals surface area contributed by atoms with Crippen LogP contribution in [-0.2, 0) is 16.1 Å². The predicted octanol–water partition coefficient (Wildman–Crippen LogP) is 5.29. The minimum Gasteiger partial charge on any atom is -0.355 e. The zero-order valence-corrected chi connectivity index (χ0v) is 18.6. The first-order valence-electron chi connectivity index (χ1n) is 8.71. The van der Waals surface area contributed by atoms with E-state index >= 15 is 0 Å². The van der Waals surface area contributed by atoms with Gasteiger partial charge in [0.05, 0.1) is 15.8 Å². The molecular formula is C20H21Cl3N2O2S. The largest absolute Gasteiger partial charge is 0.355 e. The molecule has 0 aliphatic heterocycles. The summed E-state index contributed by atoms with van der Waals surface area (Å²) in [4.78, 5) is 27.7. The molecule has 0 saturated carbocycles. The van der Waals surface area contributed by atoms with E-state index in [9.17, 15) is 9.59 Å². The molecule has 2 aromatic carbocycles. The van der Waals surface area contributed by atoms with Crippen molar-refractivity contribution in [2.24, 2.45) is 0 Å². The summed E-state index contributed by atoms with van der Waals surface area (Å²) in [6.07, 6.45) is 0. The highest BCUT2D eigenvalue weighted by Gasteiger charge is 2.26. The Morgan fingerprint density at radius 2 is 1.75 bits per heavy atom. The fourth-order valence-corrected chi connectivity index (χ4v) is 3.73. The molecular weight excluding hydrogens is 439 g/mol. The molecule has 0 radical (unpaired) electrons. The maximum atomic E-state index is 12.9. The number of likely N-dealkylation sites (N-methyl/N-ethyl adjacent to an activating group) is 1. The summed E-state index contributed by atoms with van der Waals surface area (Å²) in [6, 6.07) is 11.8. The van der Waals surface area contributed by atoms with Crippen molar-refractivity contribution in [1.29, 1.82) is 0 Å². The molecule has 0 bridgehead atoms. The Bertz CT molecular complexity index is 831. The van der Waals surface area contributed by atoms with E-state index in [1.54, 1.807) is 42.2 Å². The third kappa shape index (κ3) is 6.59. The van der Waals surface area contributed by atoms with E-state index in [4.69, 9.17) is 34.8 Å². The molecule has 0 spiro atoms. The van der Waals surface area contributed by atoms with Gasteiger partial charge in [-0.3, -0.25) is 9.59 Å². The minimum absolute atomic E-state index is 0.148. The lowest BCUT2D eigenvalue weighted by Gasteiger charge is -2.28. The van der Waals surface area contributed by atoms with Crippen LogP contribution in [0.25, 0.3) is 0 Å². The molecule has 28 heavy (non-hydrogen) atoms. The van der Waals surface area contributed by atoms with Crippen molar-refractivity contribution < 1.29 is 9.59 Å². The summed E-state index contributed by atoms with van der Waals surface area (Å²) >= 11 is 19.4. The van der Waals surface area contributed by atoms with Gasteiger partial charge in [-0.05, 0) is 55.8 Å². The van der Waals surface area contributed by atoms with Crippen LogP contribution in [-0.4, -0.2) is 35.1 Å². The van der Waals surface area contributed by atoms with Gasteiger partial charge in [-0.25, -0.2) is 0 Å². The Morgan fingerprint density at radius 3 is 2.36 bits per heavy atom. The van der Waals surface area contributed by atoms with E-state index in [2.05, 4.69) is 5.32 Å². The highest BCUT2D eigenvalue weighted by molar-refractivity contribution is 8.00. The van der Waals surface area contributed by atoms with E-state index in [0.717, 1.165) is 10.5 Å². The number of carbonyl (C=O) groups excluding carboxylic acids is 2. The number of nitrogens with zero attached hydrogens (tertiary/aromatic N) is 1. The zero-order chi connectivity index (χ0) is 20.7.